The molecule has 17 heavy (non-hydrogen) atoms. The van der Waals surface area contributed by atoms with Gasteiger partial charge >= 0.3 is 0 Å². The van der Waals surface area contributed by atoms with Crippen molar-refractivity contribution in [3.63, 3.8) is 0 Å². The lowest BCUT2D eigenvalue weighted by Gasteiger charge is -2.28. The lowest BCUT2D eigenvalue weighted by molar-refractivity contribution is 0.105. The summed E-state index contributed by atoms with van der Waals surface area (Å²) < 4.78 is 11.4. The Kier molecular flexibility index (Phi) is 3.53. The fraction of sp³-hybridized carbons (Fsp3) is 0.636. The maximum atomic E-state index is 5.56. The predicted octanol–water partition coefficient (Wildman–Crippen LogP) is 2.23. The molecule has 1 aromatic heterocycles. The largest absolute Gasteiger partial charge is 0.480 e. The second-order valence-corrected chi connectivity index (χ2v) is 5.21. The van der Waals surface area contributed by atoms with E-state index in [-0.39, 0.29) is 11.6 Å². The van der Waals surface area contributed by atoms with Gasteiger partial charge in [-0.2, -0.15) is 4.98 Å². The molecule has 2 rings (SSSR count). The van der Waals surface area contributed by atoms with Crippen molar-refractivity contribution in [1.29, 1.82) is 0 Å². The smallest absolute Gasteiger partial charge is 0.232 e. The Morgan fingerprint density at radius 1 is 1.65 bits per heavy atom. The van der Waals surface area contributed by atoms with Crippen LogP contribution in [0.2, 0.25) is 0 Å². The van der Waals surface area contributed by atoms with Gasteiger partial charge in [0.05, 0.1) is 29.4 Å². The number of ether oxygens (including phenoxy) is 2. The third-order valence-corrected chi connectivity index (χ3v) is 3.73. The summed E-state index contributed by atoms with van der Waals surface area (Å²) in [5, 5.41) is 3.32. The Bertz CT molecular complexity index is 416. The second-order valence-electron chi connectivity index (χ2n) is 4.36. The van der Waals surface area contributed by atoms with Crippen LogP contribution in [0.5, 0.6) is 5.88 Å². The molecule has 0 radical (unpaired) electrons. The van der Waals surface area contributed by atoms with Crippen LogP contribution in [-0.2, 0) is 4.74 Å². The first-order chi connectivity index (χ1) is 8.05. The zero-order valence-electron chi connectivity index (χ0n) is 10.2. The molecule has 94 valence electrons. The van der Waals surface area contributed by atoms with Gasteiger partial charge in [-0.25, -0.2) is 4.98 Å². The van der Waals surface area contributed by atoms with E-state index in [0.717, 1.165) is 17.5 Å². The first kappa shape index (κ1) is 12.6. The molecule has 0 aliphatic carbocycles. The van der Waals surface area contributed by atoms with Crippen molar-refractivity contribution < 1.29 is 9.47 Å². The summed E-state index contributed by atoms with van der Waals surface area (Å²) in [6.45, 7) is 4.93. The van der Waals surface area contributed by atoms with E-state index in [0.29, 0.717) is 11.8 Å². The third-order valence-electron chi connectivity index (χ3n) is 3.19. The molecule has 0 saturated carbocycles. The molecule has 1 aromatic rings. The van der Waals surface area contributed by atoms with Gasteiger partial charge in [0, 0.05) is 6.61 Å². The van der Waals surface area contributed by atoms with Gasteiger partial charge in [-0.05, 0) is 36.2 Å². The summed E-state index contributed by atoms with van der Waals surface area (Å²) in [7, 11) is 1.58. The van der Waals surface area contributed by atoms with E-state index in [4.69, 9.17) is 9.47 Å². The number of methoxy groups -OCH3 is 1. The van der Waals surface area contributed by atoms with Gasteiger partial charge in [0.25, 0.3) is 0 Å². The highest BCUT2D eigenvalue weighted by atomic mass is 79.9. The monoisotopic (exact) mass is 301 g/mol. The quantitative estimate of drug-likeness (QED) is 0.928. The molecular weight excluding hydrogens is 286 g/mol. The highest BCUT2D eigenvalue weighted by Crippen LogP contribution is 2.29. The Labute approximate surface area is 109 Å². The van der Waals surface area contributed by atoms with E-state index in [1.807, 2.05) is 0 Å². The molecule has 5 nitrogen and oxygen atoms in total. The molecule has 2 heterocycles. The minimum absolute atomic E-state index is 0.126. The standard InChI is InChI=1S/C11H16BrN3O2/c1-7-11(2,4-5-17-7)15-10-13-6-8(12)9(14-10)16-3/h6-7H,4-5H2,1-3H3,(H,13,14,15). The fourth-order valence-corrected chi connectivity index (χ4v) is 2.16. The maximum Gasteiger partial charge on any atom is 0.232 e. The van der Waals surface area contributed by atoms with Crippen molar-refractivity contribution in [2.75, 3.05) is 19.0 Å². The molecule has 6 heteroatoms. The topological polar surface area (TPSA) is 56.3 Å². The average Bonchev–Trinajstić information content (AvgIpc) is 2.62. The van der Waals surface area contributed by atoms with Crippen molar-refractivity contribution in [3.05, 3.63) is 10.7 Å². The molecule has 1 aliphatic rings. The van der Waals surface area contributed by atoms with Gasteiger partial charge < -0.3 is 14.8 Å². The Morgan fingerprint density at radius 3 is 3.00 bits per heavy atom. The number of anilines is 1. The van der Waals surface area contributed by atoms with E-state index in [9.17, 15) is 0 Å². The average molecular weight is 302 g/mol. The van der Waals surface area contributed by atoms with Crippen LogP contribution in [-0.4, -0.2) is 35.3 Å². The summed E-state index contributed by atoms with van der Waals surface area (Å²) in [5.74, 6) is 1.09. The normalized spacial score (nSPS) is 28.1. The van der Waals surface area contributed by atoms with Crippen LogP contribution < -0.4 is 10.1 Å². The molecule has 2 atom stereocenters. The highest BCUT2D eigenvalue weighted by molar-refractivity contribution is 9.10. The number of rotatable bonds is 3. The van der Waals surface area contributed by atoms with E-state index >= 15 is 0 Å². The molecule has 0 spiro atoms. The van der Waals surface area contributed by atoms with Crippen LogP contribution in [0.4, 0.5) is 5.95 Å². The Hall–Kier alpha value is -0.880. The lowest BCUT2D eigenvalue weighted by Crippen LogP contribution is -2.41. The van der Waals surface area contributed by atoms with Crippen molar-refractivity contribution in [3.8, 4) is 5.88 Å². The van der Waals surface area contributed by atoms with E-state index in [1.165, 1.54) is 0 Å². The van der Waals surface area contributed by atoms with Crippen LogP contribution in [0.3, 0.4) is 0 Å². The number of nitrogens with one attached hydrogen (secondary N) is 1. The van der Waals surface area contributed by atoms with Crippen LogP contribution >= 0.6 is 15.9 Å². The molecule has 1 fully saturated rings. The van der Waals surface area contributed by atoms with Gasteiger partial charge in [-0.3, -0.25) is 0 Å². The summed E-state index contributed by atoms with van der Waals surface area (Å²) >= 11 is 3.33. The van der Waals surface area contributed by atoms with Crippen molar-refractivity contribution in [1.82, 2.24) is 9.97 Å². The van der Waals surface area contributed by atoms with Crippen LogP contribution in [0.25, 0.3) is 0 Å². The zero-order valence-corrected chi connectivity index (χ0v) is 11.7. The lowest BCUT2D eigenvalue weighted by atomic mass is 9.95. The molecule has 0 amide bonds. The maximum absolute atomic E-state index is 5.56. The van der Waals surface area contributed by atoms with Gasteiger partial charge in [0.1, 0.15) is 0 Å². The highest BCUT2D eigenvalue weighted by Gasteiger charge is 2.37. The Balaban J connectivity index is 2.18. The van der Waals surface area contributed by atoms with Crippen LogP contribution in [0.1, 0.15) is 20.3 Å². The Morgan fingerprint density at radius 2 is 2.41 bits per heavy atom. The van der Waals surface area contributed by atoms with E-state index in [2.05, 4.69) is 45.1 Å². The molecule has 0 aromatic carbocycles. The molecule has 1 N–H and O–H groups in total. The second kappa shape index (κ2) is 4.78. The number of aromatic nitrogens is 2. The van der Waals surface area contributed by atoms with Gasteiger partial charge in [0.2, 0.25) is 11.8 Å². The van der Waals surface area contributed by atoms with E-state index < -0.39 is 0 Å². The number of halogens is 1. The van der Waals surface area contributed by atoms with Gasteiger partial charge in [-0.1, -0.05) is 0 Å². The molecule has 1 aliphatic heterocycles. The summed E-state index contributed by atoms with van der Waals surface area (Å²) in [4.78, 5) is 8.51. The van der Waals surface area contributed by atoms with Crippen molar-refractivity contribution in [2.24, 2.45) is 0 Å². The molecule has 2 unspecified atom stereocenters. The minimum Gasteiger partial charge on any atom is -0.480 e. The first-order valence-electron chi connectivity index (χ1n) is 5.51. The summed E-state index contributed by atoms with van der Waals surface area (Å²) in [5.41, 5.74) is -0.126. The first-order valence-corrected chi connectivity index (χ1v) is 6.31. The van der Waals surface area contributed by atoms with Gasteiger partial charge in [0.15, 0.2) is 0 Å². The minimum atomic E-state index is -0.126. The van der Waals surface area contributed by atoms with Gasteiger partial charge in [-0.15, -0.1) is 0 Å². The predicted molar refractivity (Wildman–Crippen MR) is 68.3 cm³/mol. The third kappa shape index (κ3) is 2.52. The summed E-state index contributed by atoms with van der Waals surface area (Å²) in [6, 6.07) is 0. The van der Waals surface area contributed by atoms with Crippen LogP contribution in [0, 0.1) is 0 Å². The summed E-state index contributed by atoms with van der Waals surface area (Å²) in [6.07, 6.45) is 2.76. The van der Waals surface area contributed by atoms with Crippen molar-refractivity contribution >= 4 is 21.9 Å². The fourth-order valence-electron chi connectivity index (χ4n) is 1.81. The number of hydrogen-bond acceptors (Lipinski definition) is 5. The van der Waals surface area contributed by atoms with Crippen molar-refractivity contribution in [2.45, 2.75) is 31.9 Å². The SMILES string of the molecule is COc1nc(NC2(C)CCOC2C)ncc1Br. The number of nitrogens with zero attached hydrogens (tertiary/aromatic N) is 2. The number of hydrogen-bond donors (Lipinski definition) is 1. The van der Waals surface area contributed by atoms with E-state index in [1.54, 1.807) is 13.3 Å². The molecule has 1 saturated heterocycles. The molecular formula is C11H16BrN3O2. The van der Waals surface area contributed by atoms with Crippen LogP contribution in [0.15, 0.2) is 10.7 Å². The zero-order chi connectivity index (χ0) is 12.5. The molecule has 0 bridgehead atoms.